The highest BCUT2D eigenvalue weighted by molar-refractivity contribution is 5.89. The monoisotopic (exact) mass is 248 g/mol. The molecular weight excluding hydrogens is 228 g/mol. The zero-order valence-electron chi connectivity index (χ0n) is 10.6. The smallest absolute Gasteiger partial charge is 0.318 e. The molecule has 18 heavy (non-hydrogen) atoms. The maximum atomic E-state index is 11.1. The molecule has 1 heterocycles. The van der Waals surface area contributed by atoms with Gasteiger partial charge in [-0.15, -0.1) is 0 Å². The summed E-state index contributed by atoms with van der Waals surface area (Å²) in [5, 5.41) is 12.1. The molecule has 0 spiro atoms. The van der Waals surface area contributed by atoms with Crippen LogP contribution in [0.4, 0.5) is 16.2 Å². The Hall–Kier alpha value is -1.75. The number of carbonyl (C=O) groups excluding carboxylic acids is 1. The summed E-state index contributed by atoms with van der Waals surface area (Å²) in [7, 11) is 1.60. The Morgan fingerprint density at radius 2 is 1.78 bits per heavy atom. The number of hydrogen-bond donors (Lipinski definition) is 4. The fourth-order valence-electron chi connectivity index (χ4n) is 2.05. The van der Waals surface area contributed by atoms with Crippen molar-refractivity contribution in [2.24, 2.45) is 0 Å². The molecule has 1 aromatic carbocycles. The predicted molar refractivity (Wildman–Crippen MR) is 74.0 cm³/mol. The summed E-state index contributed by atoms with van der Waals surface area (Å²) in [5.74, 6) is 0. The fraction of sp³-hybridized carbons (Fsp3) is 0.462. The van der Waals surface area contributed by atoms with E-state index in [0.29, 0.717) is 6.04 Å². The molecule has 0 bridgehead atoms. The summed E-state index contributed by atoms with van der Waals surface area (Å²) in [6.45, 7) is 2.15. The van der Waals surface area contributed by atoms with E-state index < -0.39 is 0 Å². The molecule has 4 N–H and O–H groups in total. The molecule has 1 aliphatic rings. The summed E-state index contributed by atoms with van der Waals surface area (Å²) >= 11 is 0. The molecule has 5 nitrogen and oxygen atoms in total. The lowest BCUT2D eigenvalue weighted by atomic mass is 10.1. The molecule has 0 aliphatic carbocycles. The Kier molecular flexibility index (Phi) is 4.41. The Bertz CT molecular complexity index is 384. The van der Waals surface area contributed by atoms with Crippen molar-refractivity contribution in [1.29, 1.82) is 0 Å². The minimum absolute atomic E-state index is 0.200. The van der Waals surface area contributed by atoms with Crippen molar-refractivity contribution < 1.29 is 4.79 Å². The first-order chi connectivity index (χ1) is 8.78. The van der Waals surface area contributed by atoms with Crippen LogP contribution in [0.3, 0.4) is 0 Å². The third-order valence-corrected chi connectivity index (χ3v) is 3.08. The summed E-state index contributed by atoms with van der Waals surface area (Å²) in [4.78, 5) is 11.1. The van der Waals surface area contributed by atoms with E-state index in [1.165, 1.54) is 0 Å². The number of carbonyl (C=O) groups is 1. The van der Waals surface area contributed by atoms with Gasteiger partial charge >= 0.3 is 6.03 Å². The molecule has 0 atom stereocenters. The second-order valence-electron chi connectivity index (χ2n) is 4.45. The van der Waals surface area contributed by atoms with E-state index >= 15 is 0 Å². The molecule has 0 radical (unpaired) electrons. The summed E-state index contributed by atoms with van der Waals surface area (Å²) < 4.78 is 0. The summed E-state index contributed by atoms with van der Waals surface area (Å²) in [6, 6.07) is 8.14. The Labute approximate surface area is 107 Å². The first-order valence-corrected chi connectivity index (χ1v) is 6.34. The van der Waals surface area contributed by atoms with Gasteiger partial charge in [0.2, 0.25) is 0 Å². The van der Waals surface area contributed by atoms with Crippen LogP contribution in [0.15, 0.2) is 24.3 Å². The van der Waals surface area contributed by atoms with E-state index in [9.17, 15) is 4.79 Å². The number of rotatable bonds is 3. The van der Waals surface area contributed by atoms with Crippen molar-refractivity contribution in [3.63, 3.8) is 0 Å². The minimum Gasteiger partial charge on any atom is -0.382 e. The van der Waals surface area contributed by atoms with Gasteiger partial charge in [0.25, 0.3) is 0 Å². The van der Waals surface area contributed by atoms with Gasteiger partial charge in [0.15, 0.2) is 0 Å². The molecule has 1 fully saturated rings. The maximum Gasteiger partial charge on any atom is 0.318 e. The molecule has 2 amide bonds. The molecule has 1 aliphatic heterocycles. The van der Waals surface area contributed by atoms with Crippen molar-refractivity contribution in [3.8, 4) is 0 Å². The van der Waals surface area contributed by atoms with Crippen molar-refractivity contribution in [1.82, 2.24) is 10.6 Å². The maximum absolute atomic E-state index is 11.1. The lowest BCUT2D eigenvalue weighted by Crippen LogP contribution is -2.35. The van der Waals surface area contributed by atoms with Gasteiger partial charge in [0.05, 0.1) is 0 Å². The fourth-order valence-corrected chi connectivity index (χ4v) is 2.05. The number of piperidine rings is 1. The van der Waals surface area contributed by atoms with Crippen LogP contribution in [0.2, 0.25) is 0 Å². The van der Waals surface area contributed by atoms with Gasteiger partial charge in [-0.3, -0.25) is 0 Å². The number of amides is 2. The first kappa shape index (κ1) is 12.7. The lowest BCUT2D eigenvalue weighted by Gasteiger charge is -2.24. The SMILES string of the molecule is CNC(=O)Nc1ccc(NC2CCNCC2)cc1. The largest absolute Gasteiger partial charge is 0.382 e. The van der Waals surface area contributed by atoms with Gasteiger partial charge < -0.3 is 21.3 Å². The van der Waals surface area contributed by atoms with Crippen LogP contribution in [-0.4, -0.2) is 32.2 Å². The van der Waals surface area contributed by atoms with Crippen LogP contribution >= 0.6 is 0 Å². The molecular formula is C13H20N4O. The predicted octanol–water partition coefficient (Wildman–Crippen LogP) is 1.60. The highest BCUT2D eigenvalue weighted by Gasteiger charge is 2.12. The van der Waals surface area contributed by atoms with E-state index in [1.54, 1.807) is 7.05 Å². The molecule has 1 saturated heterocycles. The molecule has 0 unspecified atom stereocenters. The van der Waals surface area contributed by atoms with E-state index in [2.05, 4.69) is 21.3 Å². The summed E-state index contributed by atoms with van der Waals surface area (Å²) in [6.07, 6.45) is 2.30. The van der Waals surface area contributed by atoms with E-state index in [4.69, 9.17) is 0 Å². The lowest BCUT2D eigenvalue weighted by molar-refractivity contribution is 0.254. The Balaban J connectivity index is 1.88. The van der Waals surface area contributed by atoms with Crippen LogP contribution < -0.4 is 21.3 Å². The quantitative estimate of drug-likeness (QED) is 0.657. The number of nitrogens with one attached hydrogen (secondary N) is 4. The normalized spacial score (nSPS) is 16.1. The highest BCUT2D eigenvalue weighted by Crippen LogP contribution is 2.16. The van der Waals surface area contributed by atoms with Crippen LogP contribution in [0, 0.1) is 0 Å². The Morgan fingerprint density at radius 3 is 2.39 bits per heavy atom. The van der Waals surface area contributed by atoms with Crippen molar-refractivity contribution in [2.75, 3.05) is 30.8 Å². The Morgan fingerprint density at radius 1 is 1.17 bits per heavy atom. The van der Waals surface area contributed by atoms with E-state index in [1.807, 2.05) is 24.3 Å². The van der Waals surface area contributed by atoms with Crippen LogP contribution in [0.5, 0.6) is 0 Å². The molecule has 0 aromatic heterocycles. The molecule has 1 aromatic rings. The molecule has 98 valence electrons. The van der Waals surface area contributed by atoms with Gasteiger partial charge in [-0.1, -0.05) is 0 Å². The van der Waals surface area contributed by atoms with E-state index in [0.717, 1.165) is 37.3 Å². The third-order valence-electron chi connectivity index (χ3n) is 3.08. The van der Waals surface area contributed by atoms with Gasteiger partial charge in [0, 0.05) is 24.5 Å². The minimum atomic E-state index is -0.200. The molecule has 2 rings (SSSR count). The average Bonchev–Trinajstić information content (AvgIpc) is 2.42. The van der Waals surface area contributed by atoms with Crippen LogP contribution in [0.25, 0.3) is 0 Å². The number of anilines is 2. The van der Waals surface area contributed by atoms with Crippen molar-refractivity contribution in [3.05, 3.63) is 24.3 Å². The number of hydrogen-bond acceptors (Lipinski definition) is 3. The third kappa shape index (κ3) is 3.63. The van der Waals surface area contributed by atoms with Crippen LogP contribution in [-0.2, 0) is 0 Å². The highest BCUT2D eigenvalue weighted by atomic mass is 16.2. The standard InChI is InChI=1S/C13H20N4O/c1-14-13(18)17-11-4-2-10(3-5-11)16-12-6-8-15-9-7-12/h2-5,12,15-16H,6-9H2,1H3,(H2,14,17,18). The average molecular weight is 248 g/mol. The molecule has 0 saturated carbocycles. The zero-order valence-corrected chi connectivity index (χ0v) is 10.6. The zero-order chi connectivity index (χ0) is 12.8. The number of benzene rings is 1. The summed E-state index contributed by atoms with van der Waals surface area (Å²) in [5.41, 5.74) is 1.90. The van der Waals surface area contributed by atoms with Crippen molar-refractivity contribution in [2.45, 2.75) is 18.9 Å². The topological polar surface area (TPSA) is 65.2 Å². The first-order valence-electron chi connectivity index (χ1n) is 6.34. The van der Waals surface area contributed by atoms with Gasteiger partial charge in [0.1, 0.15) is 0 Å². The second-order valence-corrected chi connectivity index (χ2v) is 4.45. The second kappa shape index (κ2) is 6.26. The van der Waals surface area contributed by atoms with Gasteiger partial charge in [-0.05, 0) is 50.2 Å². The van der Waals surface area contributed by atoms with Gasteiger partial charge in [-0.2, -0.15) is 0 Å². The van der Waals surface area contributed by atoms with Crippen molar-refractivity contribution >= 4 is 17.4 Å². The molecule has 5 heteroatoms. The van der Waals surface area contributed by atoms with Crippen LogP contribution in [0.1, 0.15) is 12.8 Å². The number of urea groups is 1. The van der Waals surface area contributed by atoms with E-state index in [-0.39, 0.29) is 6.03 Å². The van der Waals surface area contributed by atoms with Gasteiger partial charge in [-0.25, -0.2) is 4.79 Å².